The molecule has 1 aliphatic heterocycles. The standard InChI is InChI=1S/C18H21N3O2/c1-17(2)11-18(9-13(10-19)15(17)22)6-8-21(12-18)14-5-4-7-20-16(14)23-3/h4-5,7,9H,6,8,11-12H2,1-3H3. The number of hydrogen-bond donors (Lipinski definition) is 0. The molecule has 1 aromatic rings. The molecule has 5 nitrogen and oxygen atoms in total. The molecule has 1 unspecified atom stereocenters. The number of anilines is 1. The summed E-state index contributed by atoms with van der Waals surface area (Å²) in [5.74, 6) is 0.572. The van der Waals surface area contributed by atoms with Crippen molar-refractivity contribution in [3.8, 4) is 11.9 Å². The largest absolute Gasteiger partial charge is 0.480 e. The SMILES string of the molecule is COc1ncccc1N1CCC2(C=C(C#N)C(=O)C(C)(C)C2)C1. The molecule has 23 heavy (non-hydrogen) atoms. The predicted molar refractivity (Wildman–Crippen MR) is 87.2 cm³/mol. The topological polar surface area (TPSA) is 66.2 Å². The highest BCUT2D eigenvalue weighted by Crippen LogP contribution is 2.49. The number of carbonyl (C=O) groups is 1. The Morgan fingerprint density at radius 2 is 2.22 bits per heavy atom. The van der Waals surface area contributed by atoms with Gasteiger partial charge in [0, 0.05) is 30.1 Å². The molecular weight excluding hydrogens is 290 g/mol. The van der Waals surface area contributed by atoms with Crippen molar-refractivity contribution in [2.75, 3.05) is 25.1 Å². The Balaban J connectivity index is 1.94. The van der Waals surface area contributed by atoms with Crippen molar-refractivity contribution in [3.63, 3.8) is 0 Å². The van der Waals surface area contributed by atoms with Gasteiger partial charge in [-0.15, -0.1) is 0 Å². The van der Waals surface area contributed by atoms with Gasteiger partial charge in [0.15, 0.2) is 5.78 Å². The third-order valence-electron chi connectivity index (χ3n) is 4.89. The van der Waals surface area contributed by atoms with Crippen LogP contribution in [0, 0.1) is 22.2 Å². The summed E-state index contributed by atoms with van der Waals surface area (Å²) in [6.07, 6.45) is 5.31. The normalized spacial score (nSPS) is 26.1. The second-order valence-electron chi connectivity index (χ2n) is 7.13. The van der Waals surface area contributed by atoms with Crippen LogP contribution in [0.5, 0.6) is 5.88 Å². The summed E-state index contributed by atoms with van der Waals surface area (Å²) in [7, 11) is 1.62. The Morgan fingerprint density at radius 1 is 1.43 bits per heavy atom. The maximum Gasteiger partial charge on any atom is 0.237 e. The van der Waals surface area contributed by atoms with Crippen molar-refractivity contribution in [2.24, 2.45) is 10.8 Å². The van der Waals surface area contributed by atoms with Crippen LogP contribution in [0.4, 0.5) is 5.69 Å². The van der Waals surface area contributed by atoms with Gasteiger partial charge in [0.1, 0.15) is 6.07 Å². The van der Waals surface area contributed by atoms with Gasteiger partial charge in [-0.3, -0.25) is 4.79 Å². The molecule has 1 spiro atoms. The van der Waals surface area contributed by atoms with E-state index >= 15 is 0 Å². The van der Waals surface area contributed by atoms with E-state index in [9.17, 15) is 10.1 Å². The Morgan fingerprint density at radius 3 is 2.91 bits per heavy atom. The fourth-order valence-electron chi connectivity index (χ4n) is 3.97. The molecule has 1 atom stereocenters. The maximum absolute atomic E-state index is 12.3. The lowest BCUT2D eigenvalue weighted by Gasteiger charge is -2.38. The minimum absolute atomic E-state index is 0.0389. The van der Waals surface area contributed by atoms with E-state index in [1.807, 2.05) is 32.1 Å². The van der Waals surface area contributed by atoms with E-state index in [0.717, 1.165) is 31.6 Å². The van der Waals surface area contributed by atoms with E-state index in [4.69, 9.17) is 4.74 Å². The number of nitrogens with zero attached hydrogens (tertiary/aromatic N) is 3. The van der Waals surface area contributed by atoms with Crippen LogP contribution in [-0.4, -0.2) is 31.0 Å². The van der Waals surface area contributed by atoms with Crippen molar-refractivity contribution in [1.29, 1.82) is 5.26 Å². The first kappa shape index (κ1) is 15.5. The van der Waals surface area contributed by atoms with Gasteiger partial charge in [-0.25, -0.2) is 4.98 Å². The van der Waals surface area contributed by atoms with Gasteiger partial charge in [-0.2, -0.15) is 5.26 Å². The highest BCUT2D eigenvalue weighted by atomic mass is 16.5. The van der Waals surface area contributed by atoms with Gasteiger partial charge in [0.2, 0.25) is 5.88 Å². The molecule has 1 aromatic heterocycles. The molecule has 120 valence electrons. The molecule has 0 bridgehead atoms. The van der Waals surface area contributed by atoms with Crippen LogP contribution in [0.3, 0.4) is 0 Å². The van der Waals surface area contributed by atoms with Gasteiger partial charge in [-0.05, 0) is 25.0 Å². The van der Waals surface area contributed by atoms with Crippen molar-refractivity contribution in [2.45, 2.75) is 26.7 Å². The zero-order valence-corrected chi connectivity index (χ0v) is 13.8. The minimum atomic E-state index is -0.491. The maximum atomic E-state index is 12.3. The van der Waals surface area contributed by atoms with Crippen molar-refractivity contribution >= 4 is 11.5 Å². The number of Topliss-reactive ketones (excluding diaryl/α,β-unsaturated/α-hetero) is 1. The lowest BCUT2D eigenvalue weighted by atomic mass is 9.64. The average Bonchev–Trinajstić information content (AvgIpc) is 2.93. The van der Waals surface area contributed by atoms with Gasteiger partial charge in [0.25, 0.3) is 0 Å². The summed E-state index contributed by atoms with van der Waals surface area (Å²) >= 11 is 0. The molecule has 0 radical (unpaired) electrons. The van der Waals surface area contributed by atoms with Crippen LogP contribution >= 0.6 is 0 Å². The molecule has 2 heterocycles. The highest BCUT2D eigenvalue weighted by Gasteiger charge is 2.48. The van der Waals surface area contributed by atoms with E-state index in [2.05, 4.69) is 16.0 Å². The number of nitriles is 1. The molecule has 1 aliphatic carbocycles. The summed E-state index contributed by atoms with van der Waals surface area (Å²) in [4.78, 5) is 18.8. The first-order chi connectivity index (χ1) is 10.9. The monoisotopic (exact) mass is 311 g/mol. The summed E-state index contributed by atoms with van der Waals surface area (Å²) in [6.45, 7) is 5.52. The quantitative estimate of drug-likeness (QED) is 0.840. The van der Waals surface area contributed by atoms with E-state index in [-0.39, 0.29) is 11.2 Å². The van der Waals surface area contributed by atoms with Crippen LogP contribution in [0.15, 0.2) is 30.0 Å². The first-order valence-corrected chi connectivity index (χ1v) is 7.82. The smallest absolute Gasteiger partial charge is 0.237 e. The number of pyridine rings is 1. The van der Waals surface area contributed by atoms with Crippen LogP contribution in [-0.2, 0) is 4.79 Å². The van der Waals surface area contributed by atoms with Crippen molar-refractivity contribution < 1.29 is 9.53 Å². The van der Waals surface area contributed by atoms with Gasteiger partial charge in [-0.1, -0.05) is 19.9 Å². The molecule has 0 aromatic carbocycles. The molecule has 0 saturated carbocycles. The third kappa shape index (κ3) is 2.59. The van der Waals surface area contributed by atoms with E-state index in [1.165, 1.54) is 0 Å². The summed E-state index contributed by atoms with van der Waals surface area (Å²) in [5.41, 5.74) is 0.646. The van der Waals surface area contributed by atoms with Crippen LogP contribution in [0.1, 0.15) is 26.7 Å². The number of carbonyl (C=O) groups excluding carboxylic acids is 1. The fraction of sp³-hybridized carbons (Fsp3) is 0.500. The number of hydrogen-bond acceptors (Lipinski definition) is 5. The van der Waals surface area contributed by atoms with E-state index in [0.29, 0.717) is 11.5 Å². The summed E-state index contributed by atoms with van der Waals surface area (Å²) in [6, 6.07) is 5.99. The fourth-order valence-corrected chi connectivity index (χ4v) is 3.97. The Hall–Kier alpha value is -2.35. The number of aromatic nitrogens is 1. The van der Waals surface area contributed by atoms with E-state index < -0.39 is 5.41 Å². The summed E-state index contributed by atoms with van der Waals surface area (Å²) in [5, 5.41) is 9.32. The number of rotatable bonds is 2. The number of allylic oxidation sites excluding steroid dienone is 1. The van der Waals surface area contributed by atoms with Crippen LogP contribution < -0.4 is 9.64 Å². The number of ether oxygens (including phenoxy) is 1. The number of methoxy groups -OCH3 is 1. The average molecular weight is 311 g/mol. The van der Waals surface area contributed by atoms with E-state index in [1.54, 1.807) is 13.3 Å². The van der Waals surface area contributed by atoms with Gasteiger partial charge >= 0.3 is 0 Å². The third-order valence-corrected chi connectivity index (χ3v) is 4.89. The van der Waals surface area contributed by atoms with Gasteiger partial charge in [0.05, 0.1) is 18.4 Å². The second-order valence-corrected chi connectivity index (χ2v) is 7.13. The zero-order valence-electron chi connectivity index (χ0n) is 13.8. The predicted octanol–water partition coefficient (Wildman–Crippen LogP) is 2.74. The minimum Gasteiger partial charge on any atom is -0.480 e. The number of ketones is 1. The molecule has 3 rings (SSSR count). The van der Waals surface area contributed by atoms with Crippen LogP contribution in [0.2, 0.25) is 0 Å². The Bertz CT molecular complexity index is 717. The molecule has 0 N–H and O–H groups in total. The lowest BCUT2D eigenvalue weighted by Crippen LogP contribution is -2.40. The molecule has 1 fully saturated rings. The Labute approximate surface area is 136 Å². The van der Waals surface area contributed by atoms with Gasteiger partial charge < -0.3 is 9.64 Å². The summed E-state index contributed by atoms with van der Waals surface area (Å²) < 4.78 is 5.36. The molecule has 5 heteroatoms. The molecule has 2 aliphatic rings. The Kier molecular flexibility index (Phi) is 3.63. The van der Waals surface area contributed by atoms with Crippen LogP contribution in [0.25, 0.3) is 0 Å². The molecule has 0 amide bonds. The highest BCUT2D eigenvalue weighted by molar-refractivity contribution is 6.03. The zero-order chi connectivity index (χ0) is 16.7. The first-order valence-electron chi connectivity index (χ1n) is 7.82. The molecule has 1 saturated heterocycles. The van der Waals surface area contributed by atoms with Crippen molar-refractivity contribution in [3.05, 3.63) is 30.0 Å². The second kappa shape index (κ2) is 5.38. The van der Waals surface area contributed by atoms with Crippen molar-refractivity contribution in [1.82, 2.24) is 4.98 Å². The molecular formula is C18H21N3O2. The lowest BCUT2D eigenvalue weighted by molar-refractivity contribution is -0.125.